The second-order valence-corrected chi connectivity index (χ2v) is 7.78. The third-order valence-electron chi connectivity index (χ3n) is 4.94. The number of unbranched alkanes of at least 4 members (excludes halogenated alkanes) is 17. The SMILES string of the molecule is CCCCCCCCCCCC.CCCCCCCCCCCC(=O)[O-].[Na+]. The van der Waals surface area contributed by atoms with Gasteiger partial charge >= 0.3 is 29.6 Å². The Labute approximate surface area is 194 Å². The zero-order valence-electron chi connectivity index (χ0n) is 19.5. The number of carboxylic acids is 1. The third-order valence-corrected chi connectivity index (χ3v) is 4.94. The molecule has 27 heavy (non-hydrogen) atoms. The van der Waals surface area contributed by atoms with Gasteiger partial charge in [0.15, 0.2) is 0 Å². The second-order valence-electron chi connectivity index (χ2n) is 7.78. The van der Waals surface area contributed by atoms with Gasteiger partial charge in [0, 0.05) is 5.97 Å². The van der Waals surface area contributed by atoms with Gasteiger partial charge in [0.25, 0.3) is 0 Å². The Balaban J connectivity index is -0.000000416. The van der Waals surface area contributed by atoms with E-state index in [1.807, 2.05) is 0 Å². The standard InChI is InChI=1S/C12H24O2.C12H26.Na/c1-2-3-4-5-6-7-8-9-10-11-12(13)14;1-3-5-7-9-11-12-10-8-6-4-2;/h2-11H2,1H3,(H,13,14);3-12H2,1-2H3;/q;;+1/p-1. The van der Waals surface area contributed by atoms with Gasteiger partial charge < -0.3 is 9.90 Å². The summed E-state index contributed by atoms with van der Waals surface area (Å²) in [5.74, 6) is -0.909. The van der Waals surface area contributed by atoms with Crippen molar-refractivity contribution in [2.75, 3.05) is 0 Å². The number of rotatable bonds is 19. The number of hydrogen-bond donors (Lipinski definition) is 0. The summed E-state index contributed by atoms with van der Waals surface area (Å²) in [6.07, 6.45) is 25.6. The minimum atomic E-state index is -0.909. The molecule has 0 aliphatic carbocycles. The van der Waals surface area contributed by atoms with E-state index < -0.39 is 5.97 Å². The normalized spacial score (nSPS) is 10.0. The molecule has 0 bridgehead atoms. The van der Waals surface area contributed by atoms with Crippen molar-refractivity contribution in [2.24, 2.45) is 0 Å². The molecule has 0 atom stereocenters. The Kier molecular flexibility index (Phi) is 37.1. The smallest absolute Gasteiger partial charge is 0.550 e. The molecule has 0 saturated carbocycles. The summed E-state index contributed by atoms with van der Waals surface area (Å²) in [6, 6.07) is 0. The van der Waals surface area contributed by atoms with Crippen molar-refractivity contribution in [1.82, 2.24) is 0 Å². The number of carbonyl (C=O) groups is 1. The first-order chi connectivity index (χ1) is 12.7. The van der Waals surface area contributed by atoms with Gasteiger partial charge in [-0.2, -0.15) is 0 Å². The molecule has 0 aromatic carbocycles. The van der Waals surface area contributed by atoms with Gasteiger partial charge in [-0.1, -0.05) is 136 Å². The Bertz CT molecular complexity index is 247. The molecule has 0 aromatic rings. The summed E-state index contributed by atoms with van der Waals surface area (Å²) in [5.41, 5.74) is 0. The molecule has 0 heterocycles. The number of aliphatic carboxylic acids is 1. The Hall–Kier alpha value is 0.470. The van der Waals surface area contributed by atoms with Crippen LogP contribution in [0.15, 0.2) is 0 Å². The fourth-order valence-corrected chi connectivity index (χ4v) is 3.14. The molecular weight excluding hydrogens is 343 g/mol. The maximum atomic E-state index is 10.1. The molecule has 0 saturated heterocycles. The van der Waals surface area contributed by atoms with Crippen molar-refractivity contribution < 1.29 is 39.5 Å². The quantitative estimate of drug-likeness (QED) is 0.238. The van der Waals surface area contributed by atoms with Crippen LogP contribution in [-0.4, -0.2) is 5.97 Å². The van der Waals surface area contributed by atoms with Gasteiger partial charge in [-0.3, -0.25) is 0 Å². The summed E-state index contributed by atoms with van der Waals surface area (Å²) >= 11 is 0. The van der Waals surface area contributed by atoms with Crippen molar-refractivity contribution in [3.05, 3.63) is 0 Å². The van der Waals surface area contributed by atoms with Gasteiger partial charge in [0.2, 0.25) is 0 Å². The average Bonchev–Trinajstić information content (AvgIpc) is 2.63. The van der Waals surface area contributed by atoms with Crippen LogP contribution in [0.3, 0.4) is 0 Å². The molecule has 0 aliphatic rings. The van der Waals surface area contributed by atoms with Crippen molar-refractivity contribution in [3.63, 3.8) is 0 Å². The third kappa shape index (κ3) is 37.8. The predicted molar refractivity (Wildman–Crippen MR) is 114 cm³/mol. The van der Waals surface area contributed by atoms with Crippen LogP contribution in [0.2, 0.25) is 0 Å². The van der Waals surface area contributed by atoms with E-state index in [0.29, 0.717) is 0 Å². The molecule has 0 N–H and O–H groups in total. The van der Waals surface area contributed by atoms with Gasteiger partial charge in [-0.05, 0) is 12.8 Å². The molecule has 0 amide bonds. The largest absolute Gasteiger partial charge is 1.00 e. The van der Waals surface area contributed by atoms with Crippen molar-refractivity contribution in [1.29, 1.82) is 0 Å². The number of carboxylic acid groups (broad SMARTS) is 1. The minimum Gasteiger partial charge on any atom is -0.550 e. The molecule has 3 heteroatoms. The fourth-order valence-electron chi connectivity index (χ4n) is 3.14. The van der Waals surface area contributed by atoms with Crippen LogP contribution in [0.4, 0.5) is 0 Å². The Morgan fingerprint density at radius 2 is 0.704 bits per heavy atom. The van der Waals surface area contributed by atoms with Crippen molar-refractivity contribution >= 4 is 5.97 Å². The zero-order valence-corrected chi connectivity index (χ0v) is 21.5. The van der Waals surface area contributed by atoms with E-state index >= 15 is 0 Å². The summed E-state index contributed by atoms with van der Waals surface area (Å²) < 4.78 is 0. The molecule has 0 fully saturated rings. The van der Waals surface area contributed by atoms with E-state index in [-0.39, 0.29) is 36.0 Å². The van der Waals surface area contributed by atoms with Gasteiger partial charge in [0.1, 0.15) is 0 Å². The molecule has 0 radical (unpaired) electrons. The monoisotopic (exact) mass is 392 g/mol. The molecule has 2 nitrogen and oxygen atoms in total. The van der Waals surface area contributed by atoms with Crippen LogP contribution < -0.4 is 34.7 Å². The first-order valence-electron chi connectivity index (χ1n) is 11.9. The summed E-state index contributed by atoms with van der Waals surface area (Å²) in [6.45, 7) is 6.78. The number of carbonyl (C=O) groups excluding carboxylic acids is 1. The van der Waals surface area contributed by atoms with Crippen molar-refractivity contribution in [3.8, 4) is 0 Å². The van der Waals surface area contributed by atoms with E-state index in [2.05, 4.69) is 20.8 Å². The van der Waals surface area contributed by atoms with Crippen molar-refractivity contribution in [2.45, 2.75) is 149 Å². The van der Waals surface area contributed by atoms with Crippen LogP contribution >= 0.6 is 0 Å². The molecule has 158 valence electrons. The molecule has 0 aromatic heterocycles. The van der Waals surface area contributed by atoms with Crippen LogP contribution in [-0.2, 0) is 4.79 Å². The predicted octanol–water partition coefficient (Wildman–Crippen LogP) is 4.59. The van der Waals surface area contributed by atoms with Gasteiger partial charge in [-0.25, -0.2) is 0 Å². The van der Waals surface area contributed by atoms with Crippen LogP contribution in [0.5, 0.6) is 0 Å². The summed E-state index contributed by atoms with van der Waals surface area (Å²) in [7, 11) is 0. The molecule has 0 unspecified atom stereocenters. The number of hydrogen-bond acceptors (Lipinski definition) is 2. The minimum absolute atomic E-state index is 0. The van der Waals surface area contributed by atoms with Crippen LogP contribution in [0.25, 0.3) is 0 Å². The molecule has 0 rings (SSSR count). The van der Waals surface area contributed by atoms with E-state index in [1.165, 1.54) is 109 Å². The molecular formula is C24H49NaO2. The van der Waals surface area contributed by atoms with Gasteiger partial charge in [0.05, 0.1) is 0 Å². The average molecular weight is 393 g/mol. The van der Waals surface area contributed by atoms with E-state index in [1.54, 1.807) is 0 Å². The first-order valence-corrected chi connectivity index (χ1v) is 11.9. The second kappa shape index (κ2) is 31.2. The Morgan fingerprint density at radius 1 is 0.481 bits per heavy atom. The van der Waals surface area contributed by atoms with E-state index in [9.17, 15) is 9.90 Å². The fraction of sp³-hybridized carbons (Fsp3) is 0.958. The Morgan fingerprint density at radius 3 is 0.926 bits per heavy atom. The molecule has 0 aliphatic heterocycles. The van der Waals surface area contributed by atoms with Gasteiger partial charge in [-0.15, -0.1) is 0 Å². The van der Waals surface area contributed by atoms with Crippen LogP contribution in [0, 0.1) is 0 Å². The zero-order chi connectivity index (χ0) is 19.7. The maximum Gasteiger partial charge on any atom is 1.00 e. The molecule has 0 spiro atoms. The first kappa shape index (κ1) is 32.1. The topological polar surface area (TPSA) is 40.1 Å². The van der Waals surface area contributed by atoms with E-state index in [4.69, 9.17) is 0 Å². The summed E-state index contributed by atoms with van der Waals surface area (Å²) in [4.78, 5) is 10.1. The van der Waals surface area contributed by atoms with Crippen LogP contribution in [0.1, 0.15) is 149 Å². The van der Waals surface area contributed by atoms with E-state index in [0.717, 1.165) is 12.8 Å². The summed E-state index contributed by atoms with van der Waals surface area (Å²) in [5, 5.41) is 10.1. The maximum absolute atomic E-state index is 10.1.